The number of rotatable bonds is 3. The van der Waals surface area contributed by atoms with E-state index >= 15 is 0 Å². The molecule has 0 radical (unpaired) electrons. The van der Waals surface area contributed by atoms with Crippen molar-refractivity contribution >= 4 is 11.9 Å². The Kier molecular flexibility index (Phi) is 5.12. The Morgan fingerprint density at radius 2 is 1.87 bits per heavy atom. The summed E-state index contributed by atoms with van der Waals surface area (Å²) < 4.78 is 5.48. The summed E-state index contributed by atoms with van der Waals surface area (Å²) in [5.74, 6) is 0.148. The molecule has 0 bridgehead atoms. The van der Waals surface area contributed by atoms with Crippen LogP contribution in [0.15, 0.2) is 30.3 Å². The van der Waals surface area contributed by atoms with Crippen LogP contribution in [0.1, 0.15) is 46.1 Å². The van der Waals surface area contributed by atoms with E-state index < -0.39 is 11.0 Å². The zero-order chi connectivity index (χ0) is 17.1. The molecule has 0 saturated carbocycles. The first-order valence-electron chi connectivity index (χ1n) is 8.25. The average molecular weight is 317 g/mol. The van der Waals surface area contributed by atoms with E-state index in [1.807, 2.05) is 51.1 Å². The molecule has 0 spiro atoms. The highest BCUT2D eigenvalue weighted by molar-refractivity contribution is 5.84. The van der Waals surface area contributed by atoms with E-state index in [-0.39, 0.29) is 11.9 Å². The van der Waals surface area contributed by atoms with Gasteiger partial charge in [-0.3, -0.25) is 4.79 Å². The van der Waals surface area contributed by atoms with Gasteiger partial charge in [0, 0.05) is 13.1 Å². The molecular formula is C19H27NO3. The third-order valence-corrected chi connectivity index (χ3v) is 4.36. The Balaban J connectivity index is 2.17. The number of likely N-dealkylation sites (tertiary alicyclic amines) is 1. The van der Waals surface area contributed by atoms with Gasteiger partial charge < -0.3 is 9.64 Å². The van der Waals surface area contributed by atoms with Crippen molar-refractivity contribution in [2.75, 3.05) is 13.1 Å². The molecule has 4 nitrogen and oxygen atoms in total. The highest BCUT2D eigenvalue weighted by atomic mass is 16.6. The number of ketones is 1. The summed E-state index contributed by atoms with van der Waals surface area (Å²) in [5, 5.41) is 0. The van der Waals surface area contributed by atoms with Gasteiger partial charge in [0.25, 0.3) is 0 Å². The maximum atomic E-state index is 12.4. The Morgan fingerprint density at radius 3 is 2.43 bits per heavy atom. The topological polar surface area (TPSA) is 46.6 Å². The van der Waals surface area contributed by atoms with E-state index in [4.69, 9.17) is 4.74 Å². The maximum Gasteiger partial charge on any atom is 0.410 e. The number of benzene rings is 1. The second kappa shape index (κ2) is 6.73. The second-order valence-corrected chi connectivity index (χ2v) is 7.50. The van der Waals surface area contributed by atoms with Gasteiger partial charge in [-0.1, -0.05) is 30.3 Å². The van der Waals surface area contributed by atoms with Crippen LogP contribution in [0.2, 0.25) is 0 Å². The van der Waals surface area contributed by atoms with Gasteiger partial charge in [-0.05, 0) is 52.5 Å². The van der Waals surface area contributed by atoms with Crippen LogP contribution >= 0.6 is 0 Å². The number of ether oxygens (including phenoxy) is 1. The Morgan fingerprint density at radius 1 is 1.22 bits per heavy atom. The quantitative estimate of drug-likeness (QED) is 0.851. The summed E-state index contributed by atoms with van der Waals surface area (Å²) in [7, 11) is 0. The molecule has 1 unspecified atom stereocenters. The van der Waals surface area contributed by atoms with Gasteiger partial charge in [-0.15, -0.1) is 0 Å². The third-order valence-electron chi connectivity index (χ3n) is 4.36. The fourth-order valence-electron chi connectivity index (χ4n) is 3.16. The Bertz CT molecular complexity index is 562. The molecule has 0 aliphatic carbocycles. The van der Waals surface area contributed by atoms with Crippen LogP contribution in [-0.2, 0) is 16.0 Å². The molecule has 1 aromatic rings. The fourth-order valence-corrected chi connectivity index (χ4v) is 3.16. The van der Waals surface area contributed by atoms with E-state index in [0.29, 0.717) is 19.5 Å². The Hall–Kier alpha value is -1.84. The first kappa shape index (κ1) is 17.5. The molecule has 0 aromatic heterocycles. The number of carbonyl (C=O) groups is 2. The monoisotopic (exact) mass is 317 g/mol. The van der Waals surface area contributed by atoms with Gasteiger partial charge in [-0.25, -0.2) is 4.79 Å². The van der Waals surface area contributed by atoms with Gasteiger partial charge in [-0.2, -0.15) is 0 Å². The van der Waals surface area contributed by atoms with Gasteiger partial charge >= 0.3 is 6.09 Å². The number of nitrogens with zero attached hydrogens (tertiary/aromatic N) is 1. The molecule has 1 aromatic carbocycles. The van der Waals surface area contributed by atoms with Gasteiger partial charge in [0.05, 0.1) is 5.41 Å². The summed E-state index contributed by atoms with van der Waals surface area (Å²) in [6.45, 7) is 8.30. The fraction of sp³-hybridized carbons (Fsp3) is 0.579. The summed E-state index contributed by atoms with van der Waals surface area (Å²) in [4.78, 5) is 26.5. The van der Waals surface area contributed by atoms with Crippen molar-refractivity contribution in [2.45, 2.75) is 52.6 Å². The van der Waals surface area contributed by atoms with Crippen molar-refractivity contribution in [2.24, 2.45) is 5.41 Å². The van der Waals surface area contributed by atoms with E-state index in [1.54, 1.807) is 11.8 Å². The lowest BCUT2D eigenvalue weighted by atomic mass is 9.72. The molecule has 23 heavy (non-hydrogen) atoms. The van der Waals surface area contributed by atoms with Gasteiger partial charge in [0.2, 0.25) is 0 Å². The van der Waals surface area contributed by atoms with Crippen LogP contribution in [0.25, 0.3) is 0 Å². The predicted molar refractivity (Wildman–Crippen MR) is 90.3 cm³/mol. The van der Waals surface area contributed by atoms with Gasteiger partial charge in [0.15, 0.2) is 0 Å². The minimum absolute atomic E-state index is 0.148. The molecule has 4 heteroatoms. The molecular weight excluding hydrogens is 290 g/mol. The predicted octanol–water partition coefficient (Wildman–Crippen LogP) is 3.84. The van der Waals surface area contributed by atoms with Gasteiger partial charge in [0.1, 0.15) is 11.4 Å². The van der Waals surface area contributed by atoms with E-state index in [1.165, 1.54) is 0 Å². The van der Waals surface area contributed by atoms with Crippen LogP contribution in [0, 0.1) is 5.41 Å². The number of Topliss-reactive ketones (excluding diaryl/α,β-unsaturated/α-hetero) is 1. The molecule has 1 saturated heterocycles. The first-order valence-corrected chi connectivity index (χ1v) is 8.25. The lowest BCUT2D eigenvalue weighted by molar-refractivity contribution is -0.129. The minimum Gasteiger partial charge on any atom is -0.444 e. The number of amides is 1. The first-order chi connectivity index (χ1) is 10.7. The zero-order valence-corrected chi connectivity index (χ0v) is 14.6. The van der Waals surface area contributed by atoms with Crippen molar-refractivity contribution in [3.8, 4) is 0 Å². The maximum absolute atomic E-state index is 12.4. The summed E-state index contributed by atoms with van der Waals surface area (Å²) in [6.07, 6.45) is 1.99. The lowest BCUT2D eigenvalue weighted by Crippen LogP contribution is -2.51. The number of hydrogen-bond acceptors (Lipinski definition) is 3. The summed E-state index contributed by atoms with van der Waals surface area (Å²) >= 11 is 0. The number of hydrogen-bond donors (Lipinski definition) is 0. The molecule has 2 rings (SSSR count). The van der Waals surface area contributed by atoms with E-state index in [2.05, 4.69) is 0 Å². The third kappa shape index (κ3) is 4.57. The molecule has 0 N–H and O–H groups in total. The van der Waals surface area contributed by atoms with E-state index in [0.717, 1.165) is 18.4 Å². The van der Waals surface area contributed by atoms with Crippen LogP contribution in [0.3, 0.4) is 0 Å². The smallest absolute Gasteiger partial charge is 0.410 e. The van der Waals surface area contributed by atoms with Crippen molar-refractivity contribution in [1.82, 2.24) is 4.90 Å². The summed E-state index contributed by atoms with van der Waals surface area (Å²) in [6, 6.07) is 10.0. The van der Waals surface area contributed by atoms with Crippen molar-refractivity contribution in [1.29, 1.82) is 0 Å². The number of piperidine rings is 1. The standard InChI is InChI=1S/C19H27NO3/c1-15(21)19(13-16-9-6-5-7-10-16)11-8-12-20(14-19)17(22)23-18(2,3)4/h5-7,9-10H,8,11-14H2,1-4H3. The molecule has 1 amide bonds. The minimum atomic E-state index is -0.521. The highest BCUT2D eigenvalue weighted by Gasteiger charge is 2.42. The zero-order valence-electron chi connectivity index (χ0n) is 14.6. The molecule has 1 aliphatic heterocycles. The molecule has 126 valence electrons. The lowest BCUT2D eigenvalue weighted by Gasteiger charge is -2.41. The second-order valence-electron chi connectivity index (χ2n) is 7.50. The normalized spacial score (nSPS) is 21.8. The van der Waals surface area contributed by atoms with Crippen LogP contribution < -0.4 is 0 Å². The number of carbonyl (C=O) groups excluding carboxylic acids is 2. The summed E-state index contributed by atoms with van der Waals surface area (Å²) in [5.41, 5.74) is 0.109. The largest absolute Gasteiger partial charge is 0.444 e. The Labute approximate surface area is 138 Å². The highest BCUT2D eigenvalue weighted by Crippen LogP contribution is 2.35. The van der Waals surface area contributed by atoms with Crippen molar-refractivity contribution in [3.05, 3.63) is 35.9 Å². The SMILES string of the molecule is CC(=O)C1(Cc2ccccc2)CCCN(C(=O)OC(C)(C)C)C1. The van der Waals surface area contributed by atoms with Crippen LogP contribution in [0.5, 0.6) is 0 Å². The van der Waals surface area contributed by atoms with E-state index in [9.17, 15) is 9.59 Å². The molecule has 1 heterocycles. The molecule has 1 fully saturated rings. The van der Waals surface area contributed by atoms with Crippen LogP contribution in [0.4, 0.5) is 4.79 Å². The van der Waals surface area contributed by atoms with Crippen LogP contribution in [-0.4, -0.2) is 35.5 Å². The van der Waals surface area contributed by atoms with Crippen molar-refractivity contribution in [3.63, 3.8) is 0 Å². The molecule has 1 atom stereocenters. The molecule has 1 aliphatic rings. The van der Waals surface area contributed by atoms with Crippen molar-refractivity contribution < 1.29 is 14.3 Å². The average Bonchev–Trinajstić information content (AvgIpc) is 2.46.